The second kappa shape index (κ2) is 19.9. The van der Waals surface area contributed by atoms with E-state index in [1.807, 2.05) is 6.20 Å². The van der Waals surface area contributed by atoms with Gasteiger partial charge >= 0.3 is 331 Å². The summed E-state index contributed by atoms with van der Waals surface area (Å²) in [6.07, 6.45) is 1.96. The Morgan fingerprint density at radius 1 is 0.390 bits per heavy atom. The number of anilines is 6. The SMILES string of the molecule is CC(C)(C)c1cc(Oc2ccc3c(c2)N(c2cc(C(C)(C)C)ccn2)c2ccccc2C32c3ccccc3N(c3ccccc3)c3ccccc32)cc(-n2[c](=[Pt])n(-c3c(-c4ccccc4)cccc3-c3ccccc3)c3ccccc32)c1. The number of benzene rings is 10. The normalized spacial score (nSPS) is 13.4. The van der Waals surface area contributed by atoms with Crippen molar-refractivity contribution < 1.29 is 24.1 Å². The van der Waals surface area contributed by atoms with Gasteiger partial charge in [0.15, 0.2) is 0 Å². The third-order valence-corrected chi connectivity index (χ3v) is 17.5. The van der Waals surface area contributed by atoms with E-state index in [4.69, 9.17) is 9.72 Å². The summed E-state index contributed by atoms with van der Waals surface area (Å²) in [6.45, 7) is 13.6. The van der Waals surface area contributed by atoms with Gasteiger partial charge in [-0.1, -0.05) is 93.6 Å². The van der Waals surface area contributed by atoms with E-state index in [0.29, 0.717) is 0 Å². The molecule has 0 N–H and O–H groups in total. The van der Waals surface area contributed by atoms with Gasteiger partial charge in [0.1, 0.15) is 0 Å². The molecule has 0 atom stereocenters. The van der Waals surface area contributed by atoms with E-state index < -0.39 is 5.41 Å². The molecule has 1 spiro atoms. The fourth-order valence-electron chi connectivity index (χ4n) is 12.7. The summed E-state index contributed by atoms with van der Waals surface area (Å²) in [4.78, 5) is 10.0. The molecule has 12 aromatic rings. The molecule has 0 saturated heterocycles. The van der Waals surface area contributed by atoms with E-state index in [9.17, 15) is 0 Å². The van der Waals surface area contributed by atoms with Crippen molar-refractivity contribution >= 4 is 45.3 Å². The molecule has 0 bridgehead atoms. The molecule has 2 aromatic heterocycles. The first-order valence-corrected chi connectivity index (χ1v) is 29.3. The van der Waals surface area contributed by atoms with Crippen molar-refractivity contribution in [3.05, 3.63) is 298 Å². The van der Waals surface area contributed by atoms with E-state index in [2.05, 4.69) is 335 Å². The number of pyridine rings is 1. The molecule has 10 aromatic carbocycles. The summed E-state index contributed by atoms with van der Waals surface area (Å²) >= 11 is 2.55. The molecule has 14 rings (SSSR count). The van der Waals surface area contributed by atoms with Gasteiger partial charge in [-0.25, -0.2) is 0 Å². The zero-order valence-electron chi connectivity index (χ0n) is 46.8. The number of imidazole rings is 1. The van der Waals surface area contributed by atoms with Crippen LogP contribution in [0.3, 0.4) is 0 Å². The van der Waals surface area contributed by atoms with Gasteiger partial charge < -0.3 is 4.90 Å². The van der Waals surface area contributed by atoms with Crippen LogP contribution in [0.1, 0.15) is 74.9 Å². The summed E-state index contributed by atoms with van der Waals surface area (Å²) in [5, 5.41) is 0. The maximum atomic E-state index is 7.40. The molecule has 0 amide bonds. The Hall–Kier alpha value is -9.09. The van der Waals surface area contributed by atoms with Crippen molar-refractivity contribution in [2.45, 2.75) is 57.8 Å². The topological polar surface area (TPSA) is 38.5 Å². The second-order valence-electron chi connectivity index (χ2n) is 23.5. The standard InChI is InChI=1S/C75H61N5O.Pt/c1-73(2,3)53-43-44-76-71(47-53)80-67-38-21-18-35-63(67)75(61-33-16-19-36-65(61)79(55-29-14-9-15-30-55)66-37-20-17-34-62(66)75)64-42-41-57(49-70(64)80)81-58-46-54(74(4,5)6)45-56(48-58)77-50-78(69-40-23-22-39-68(69)77)72-59(51-25-10-7-11-26-51)31-24-32-60(72)52-27-12-8-13-28-52;/h7-49H,1-6H3;. The van der Waals surface area contributed by atoms with E-state index >= 15 is 0 Å². The number of ether oxygens (including phenoxy) is 1. The molecule has 2 aliphatic rings. The summed E-state index contributed by atoms with van der Waals surface area (Å²) in [7, 11) is 0. The second-order valence-corrected chi connectivity index (χ2v) is 24.6. The zero-order chi connectivity index (χ0) is 55.9. The first-order chi connectivity index (χ1) is 39.9. The van der Waals surface area contributed by atoms with Crippen LogP contribution in [0, 0.1) is 3.80 Å². The van der Waals surface area contributed by atoms with Crippen molar-refractivity contribution in [2.24, 2.45) is 0 Å². The fourth-order valence-corrected chi connectivity index (χ4v) is 13.8. The van der Waals surface area contributed by atoms with Gasteiger partial charge in [-0.05, 0) is 41.3 Å². The molecule has 82 heavy (non-hydrogen) atoms. The van der Waals surface area contributed by atoms with Gasteiger partial charge in [-0.3, -0.25) is 0 Å². The molecular formula is C75H61N5OPt. The van der Waals surface area contributed by atoms with Crippen molar-refractivity contribution in [3.8, 4) is 45.1 Å². The molecule has 0 unspecified atom stereocenters. The van der Waals surface area contributed by atoms with E-state index in [1.165, 1.54) is 22.3 Å². The Labute approximate surface area is 491 Å². The van der Waals surface area contributed by atoms with Crippen molar-refractivity contribution in [1.29, 1.82) is 0 Å². The Balaban J connectivity index is 0.984. The average molecular weight is 1240 g/mol. The molecule has 0 radical (unpaired) electrons. The van der Waals surface area contributed by atoms with Gasteiger partial charge in [0.2, 0.25) is 0 Å². The molecule has 402 valence electrons. The van der Waals surface area contributed by atoms with Crippen LogP contribution in [0.25, 0.3) is 44.7 Å². The monoisotopic (exact) mass is 1240 g/mol. The van der Waals surface area contributed by atoms with Gasteiger partial charge in [-0.2, -0.15) is 0 Å². The molecule has 0 aliphatic carbocycles. The van der Waals surface area contributed by atoms with Crippen LogP contribution in [0.15, 0.2) is 261 Å². The maximum absolute atomic E-state index is 7.40. The van der Waals surface area contributed by atoms with Crippen LogP contribution in [0.2, 0.25) is 0 Å². The number of hydrogen-bond acceptors (Lipinski definition) is 4. The van der Waals surface area contributed by atoms with E-state index in [0.717, 1.165) is 105 Å². The minimum absolute atomic E-state index is 0.114. The number of rotatable bonds is 8. The number of fused-ring (bicyclic) bond motifs is 9. The number of hydrogen-bond donors (Lipinski definition) is 0. The van der Waals surface area contributed by atoms with Gasteiger partial charge in [0.25, 0.3) is 0 Å². The van der Waals surface area contributed by atoms with Crippen LogP contribution in [-0.4, -0.2) is 14.1 Å². The van der Waals surface area contributed by atoms with Crippen LogP contribution >= 0.6 is 0 Å². The predicted molar refractivity (Wildman–Crippen MR) is 333 cm³/mol. The molecular weight excluding hydrogens is 1180 g/mol. The zero-order valence-corrected chi connectivity index (χ0v) is 49.1. The molecule has 7 heteroatoms. The van der Waals surface area contributed by atoms with Crippen LogP contribution in [-0.2, 0) is 35.6 Å². The van der Waals surface area contributed by atoms with Crippen molar-refractivity contribution in [1.82, 2.24) is 14.1 Å². The summed E-state index contributed by atoms with van der Waals surface area (Å²) in [5.74, 6) is 2.31. The number of para-hydroxylation sites is 7. The third kappa shape index (κ3) is 8.33. The number of nitrogens with zero attached hydrogens (tertiary/aromatic N) is 5. The molecule has 2 aliphatic heterocycles. The van der Waals surface area contributed by atoms with Gasteiger partial charge in [0, 0.05) is 11.9 Å². The average Bonchev–Trinajstić information content (AvgIpc) is 1.47. The van der Waals surface area contributed by atoms with E-state index in [-0.39, 0.29) is 10.8 Å². The van der Waals surface area contributed by atoms with Crippen LogP contribution < -0.4 is 14.5 Å². The Morgan fingerprint density at radius 3 is 1.46 bits per heavy atom. The molecule has 4 heterocycles. The minimum atomic E-state index is -0.735. The quantitative estimate of drug-likeness (QED) is 0.152. The molecule has 6 nitrogen and oxygen atoms in total. The van der Waals surface area contributed by atoms with Crippen LogP contribution in [0.5, 0.6) is 11.5 Å². The van der Waals surface area contributed by atoms with Gasteiger partial charge in [-0.15, -0.1) is 0 Å². The van der Waals surface area contributed by atoms with Crippen LogP contribution in [0.4, 0.5) is 34.3 Å². The number of aromatic nitrogens is 3. The summed E-state index contributed by atoms with van der Waals surface area (Å²) in [6, 6.07) is 92.5. The molecule has 0 fully saturated rings. The summed E-state index contributed by atoms with van der Waals surface area (Å²) in [5.41, 5.74) is 20.4. The Kier molecular flexibility index (Phi) is 12.4. The van der Waals surface area contributed by atoms with Crippen molar-refractivity contribution in [3.63, 3.8) is 0 Å². The predicted octanol–water partition coefficient (Wildman–Crippen LogP) is 19.6. The Bertz CT molecular complexity index is 4390. The summed E-state index contributed by atoms with van der Waals surface area (Å²) < 4.78 is 13.3. The first-order valence-electron chi connectivity index (χ1n) is 28.2. The first kappa shape index (κ1) is 51.1. The van der Waals surface area contributed by atoms with Crippen molar-refractivity contribution in [2.75, 3.05) is 9.80 Å². The molecule has 0 saturated carbocycles. The Morgan fingerprint density at radius 2 is 0.890 bits per heavy atom. The van der Waals surface area contributed by atoms with Gasteiger partial charge in [0.05, 0.1) is 11.4 Å². The fraction of sp³-hybridized carbons (Fsp3) is 0.120. The van der Waals surface area contributed by atoms with E-state index in [1.54, 1.807) is 0 Å². The third-order valence-electron chi connectivity index (χ3n) is 16.5.